The van der Waals surface area contributed by atoms with Gasteiger partial charge in [0.2, 0.25) is 0 Å². The normalized spacial score (nSPS) is 10.8. The Morgan fingerprint density at radius 1 is 0.438 bits per heavy atom. The largest absolute Gasteiger partial charge is 1.00 e. The number of imidazole rings is 2. The zero-order valence-corrected chi connectivity index (χ0v) is 36.0. The second-order valence-corrected chi connectivity index (χ2v) is 14.1. The fourth-order valence-corrected chi connectivity index (χ4v) is 6.80. The van der Waals surface area contributed by atoms with Crippen molar-refractivity contribution in [1.82, 2.24) is 9.97 Å². The number of hydrogen-bond donors (Lipinski definition) is 2. The van der Waals surface area contributed by atoms with Gasteiger partial charge in [0.25, 0.3) is 11.6 Å². The van der Waals surface area contributed by atoms with Crippen LogP contribution in [-0.4, -0.2) is 9.97 Å². The van der Waals surface area contributed by atoms with Gasteiger partial charge in [0.1, 0.15) is 24.3 Å². The third-order valence-corrected chi connectivity index (χ3v) is 9.87. The van der Waals surface area contributed by atoms with Crippen molar-refractivity contribution in [3.63, 3.8) is 0 Å². The fraction of sp³-hybridized carbons (Fsp3) is 0.857. The van der Waals surface area contributed by atoms with Gasteiger partial charge in [0.15, 0.2) is 0 Å². The Kier molecular flexibility index (Phi) is 38.8. The molecule has 0 amide bonds. The molecular formula is C42H82Br2N4. The van der Waals surface area contributed by atoms with Crippen LogP contribution in [0.15, 0.2) is 18.6 Å². The first kappa shape index (κ1) is 49.5. The topological polar surface area (TPSA) is 39.3 Å². The van der Waals surface area contributed by atoms with Crippen LogP contribution in [-0.2, 0) is 32.4 Å². The summed E-state index contributed by atoms with van der Waals surface area (Å²) < 4.78 is 4.96. The molecule has 0 unspecified atom stereocenters. The lowest BCUT2D eigenvalue weighted by Crippen LogP contribution is -3.00. The summed E-state index contributed by atoms with van der Waals surface area (Å²) in [6.07, 6.45) is 46.6. The molecule has 0 aliphatic rings. The monoisotopic (exact) mass is 800 g/mol. The number of nitrogens with one attached hydrogen (secondary N) is 2. The maximum Gasteiger partial charge on any atom is 0.254 e. The van der Waals surface area contributed by atoms with Crippen molar-refractivity contribution in [2.45, 2.75) is 234 Å². The molecule has 2 aromatic heterocycles. The fourth-order valence-electron chi connectivity index (χ4n) is 6.80. The van der Waals surface area contributed by atoms with Crippen LogP contribution >= 0.6 is 0 Å². The molecule has 6 heteroatoms. The molecule has 0 bridgehead atoms. The van der Waals surface area contributed by atoms with E-state index in [0.29, 0.717) is 0 Å². The molecular weight excluding hydrogens is 720 g/mol. The molecule has 2 aromatic rings. The summed E-state index contributed by atoms with van der Waals surface area (Å²) in [6.45, 7) is 13.8. The zero-order chi connectivity index (χ0) is 33.3. The summed E-state index contributed by atoms with van der Waals surface area (Å²) in [7, 11) is 0. The number of halogens is 2. The number of rotatable bonds is 31. The van der Waals surface area contributed by atoms with Crippen LogP contribution in [0, 0.1) is 0 Å². The van der Waals surface area contributed by atoms with Crippen molar-refractivity contribution < 1.29 is 43.1 Å². The van der Waals surface area contributed by atoms with Gasteiger partial charge in [-0.3, -0.25) is 0 Å². The van der Waals surface area contributed by atoms with Gasteiger partial charge in [0.05, 0.1) is 13.1 Å². The van der Waals surface area contributed by atoms with Crippen LogP contribution in [0.1, 0.15) is 219 Å². The number of H-pyrrole nitrogens is 2. The second-order valence-electron chi connectivity index (χ2n) is 14.1. The summed E-state index contributed by atoms with van der Waals surface area (Å²) in [6, 6.07) is 0. The Morgan fingerprint density at radius 3 is 1.27 bits per heavy atom. The van der Waals surface area contributed by atoms with Crippen molar-refractivity contribution in [1.29, 1.82) is 0 Å². The van der Waals surface area contributed by atoms with Gasteiger partial charge in [-0.1, -0.05) is 169 Å². The van der Waals surface area contributed by atoms with Crippen molar-refractivity contribution >= 4 is 0 Å². The van der Waals surface area contributed by atoms with Gasteiger partial charge >= 0.3 is 0 Å². The summed E-state index contributed by atoms with van der Waals surface area (Å²) in [5.41, 5.74) is 1.55. The molecule has 0 aliphatic heterocycles. The van der Waals surface area contributed by atoms with E-state index < -0.39 is 0 Å². The highest BCUT2D eigenvalue weighted by atomic mass is 79.9. The Balaban J connectivity index is 0. The number of aromatic nitrogens is 4. The second kappa shape index (κ2) is 37.6. The minimum Gasteiger partial charge on any atom is -1.00 e. The first-order valence-electron chi connectivity index (χ1n) is 20.9. The SMILES string of the molecule is CCCCCCCCCCCCc1c[nH]c(CC)[n+]1CCCCCCCCCC.CCCCCCCCCC[n+]1cc[nH]c1CC.[Br-].[Br-]. The van der Waals surface area contributed by atoms with E-state index in [0.717, 1.165) is 12.8 Å². The summed E-state index contributed by atoms with van der Waals surface area (Å²) >= 11 is 0. The van der Waals surface area contributed by atoms with E-state index in [9.17, 15) is 0 Å². The number of hydrogen-bond acceptors (Lipinski definition) is 0. The van der Waals surface area contributed by atoms with Crippen molar-refractivity contribution in [3.05, 3.63) is 35.9 Å². The highest BCUT2D eigenvalue weighted by Crippen LogP contribution is 2.13. The van der Waals surface area contributed by atoms with Crippen LogP contribution in [0.5, 0.6) is 0 Å². The lowest BCUT2D eigenvalue weighted by atomic mass is 10.1. The molecule has 0 aromatic carbocycles. The average Bonchev–Trinajstić information content (AvgIpc) is 3.70. The molecule has 0 atom stereocenters. The van der Waals surface area contributed by atoms with Gasteiger partial charge in [-0.2, -0.15) is 0 Å². The average molecular weight is 803 g/mol. The van der Waals surface area contributed by atoms with Gasteiger partial charge in [-0.25, -0.2) is 19.1 Å². The third-order valence-electron chi connectivity index (χ3n) is 9.87. The Hall–Kier alpha value is -0.620. The number of nitrogens with zero attached hydrogens (tertiary/aromatic N) is 2. The number of unbranched alkanes of at least 4 members (excludes halogenated alkanes) is 23. The third kappa shape index (κ3) is 26.2. The molecule has 0 saturated heterocycles. The molecule has 2 N–H and O–H groups in total. The van der Waals surface area contributed by atoms with Crippen LogP contribution in [0.3, 0.4) is 0 Å². The maximum atomic E-state index is 3.55. The summed E-state index contributed by atoms with van der Waals surface area (Å²) in [5.74, 6) is 2.78. The predicted molar refractivity (Wildman–Crippen MR) is 201 cm³/mol. The Bertz CT molecular complexity index is 894. The molecule has 4 nitrogen and oxygen atoms in total. The number of aryl methyl sites for hydroxylation is 4. The van der Waals surface area contributed by atoms with E-state index in [1.54, 1.807) is 5.69 Å². The van der Waals surface area contributed by atoms with E-state index in [-0.39, 0.29) is 34.0 Å². The van der Waals surface area contributed by atoms with Gasteiger partial charge in [0, 0.05) is 19.3 Å². The number of aromatic amines is 2. The molecule has 2 rings (SSSR count). The minimum absolute atomic E-state index is 0. The molecule has 0 aliphatic carbocycles. The highest BCUT2D eigenvalue weighted by Gasteiger charge is 2.15. The van der Waals surface area contributed by atoms with Crippen molar-refractivity contribution in [2.24, 2.45) is 0 Å². The minimum atomic E-state index is 0. The van der Waals surface area contributed by atoms with E-state index in [1.807, 2.05) is 6.20 Å². The standard InChI is InChI=1S/C27H52N2.C15H28N2.2BrH/c1-4-7-9-11-13-15-16-17-19-21-23-26-25-28-27(6-3)29(26)24-22-20-18-14-12-10-8-5-2;1-3-5-6-7-8-9-10-11-13-17-14-12-16-15(17)4-2;;/h25H,4-24H2,1-3H3;12,14H,3-11,13H2,1-2H3;2*1H. The van der Waals surface area contributed by atoms with Crippen LogP contribution in [0.2, 0.25) is 0 Å². The first-order chi connectivity index (χ1) is 22.7. The van der Waals surface area contributed by atoms with Gasteiger partial charge in [-0.05, 0) is 32.1 Å². The Morgan fingerprint density at radius 2 is 0.833 bits per heavy atom. The quantitative estimate of drug-likeness (QED) is 0.0648. The molecule has 0 spiro atoms. The summed E-state index contributed by atoms with van der Waals surface area (Å²) in [4.78, 5) is 6.84. The predicted octanol–water partition coefficient (Wildman–Crippen LogP) is 6.48. The van der Waals surface area contributed by atoms with E-state index >= 15 is 0 Å². The van der Waals surface area contributed by atoms with Crippen molar-refractivity contribution in [2.75, 3.05) is 0 Å². The molecule has 0 saturated carbocycles. The highest BCUT2D eigenvalue weighted by molar-refractivity contribution is 4.91. The zero-order valence-electron chi connectivity index (χ0n) is 32.8. The lowest BCUT2D eigenvalue weighted by Gasteiger charge is -2.06. The van der Waals surface area contributed by atoms with Gasteiger partial charge < -0.3 is 34.0 Å². The van der Waals surface area contributed by atoms with Crippen LogP contribution < -0.4 is 43.1 Å². The molecule has 0 fully saturated rings. The van der Waals surface area contributed by atoms with E-state index in [1.165, 1.54) is 198 Å². The Labute approximate surface area is 321 Å². The molecule has 2 heterocycles. The summed E-state index contributed by atoms with van der Waals surface area (Å²) in [5, 5.41) is 0. The van der Waals surface area contributed by atoms with E-state index in [4.69, 9.17) is 0 Å². The van der Waals surface area contributed by atoms with Crippen LogP contribution in [0.4, 0.5) is 0 Å². The maximum absolute atomic E-state index is 3.55. The molecule has 48 heavy (non-hydrogen) atoms. The lowest BCUT2D eigenvalue weighted by molar-refractivity contribution is -0.710. The smallest absolute Gasteiger partial charge is 0.254 e. The van der Waals surface area contributed by atoms with Gasteiger partial charge in [-0.15, -0.1) is 0 Å². The van der Waals surface area contributed by atoms with Crippen molar-refractivity contribution in [3.8, 4) is 0 Å². The molecule has 0 radical (unpaired) electrons. The van der Waals surface area contributed by atoms with Crippen LogP contribution in [0.25, 0.3) is 0 Å². The van der Waals surface area contributed by atoms with E-state index in [2.05, 4.69) is 66.1 Å². The molecule has 284 valence electrons. The first-order valence-corrected chi connectivity index (χ1v) is 20.9.